The van der Waals surface area contributed by atoms with E-state index in [1.54, 1.807) is 6.08 Å². The van der Waals surface area contributed by atoms with E-state index in [1.807, 2.05) is 30.3 Å². The van der Waals surface area contributed by atoms with Gasteiger partial charge in [-0.1, -0.05) is 30.3 Å². The minimum Gasteiger partial charge on any atom is -0.306 e. The fraction of sp³-hybridized carbons (Fsp3) is 0.286. The van der Waals surface area contributed by atoms with Crippen LogP contribution in [0.15, 0.2) is 36.4 Å². The van der Waals surface area contributed by atoms with Crippen molar-refractivity contribution in [3.05, 3.63) is 42.0 Å². The molecule has 1 aromatic carbocycles. The molecule has 1 heterocycles. The van der Waals surface area contributed by atoms with Crippen molar-refractivity contribution in [2.24, 2.45) is 0 Å². The Labute approximate surface area is 106 Å². The summed E-state index contributed by atoms with van der Waals surface area (Å²) < 4.78 is 0. The standard InChI is InChI=1S/C14H16N2O2/c17-13(9-8-11-5-2-1-3-6-11)16-14(18)12-7-4-10-15-12/h1-3,5-6,8-9,12,15H,4,7,10H2,(H,16,17,18)/t12-/m0/s1. The van der Waals surface area contributed by atoms with Gasteiger partial charge in [0.2, 0.25) is 5.91 Å². The number of imide groups is 1. The molecule has 0 aromatic heterocycles. The van der Waals surface area contributed by atoms with Crippen molar-refractivity contribution in [2.45, 2.75) is 18.9 Å². The van der Waals surface area contributed by atoms with Gasteiger partial charge in [0.15, 0.2) is 0 Å². The van der Waals surface area contributed by atoms with Crippen molar-refractivity contribution in [2.75, 3.05) is 6.54 Å². The monoisotopic (exact) mass is 244 g/mol. The number of carbonyl (C=O) groups is 2. The third kappa shape index (κ3) is 3.53. The molecule has 4 heteroatoms. The van der Waals surface area contributed by atoms with Crippen molar-refractivity contribution in [1.82, 2.24) is 10.6 Å². The Morgan fingerprint density at radius 2 is 2.06 bits per heavy atom. The highest BCUT2D eigenvalue weighted by Crippen LogP contribution is 2.04. The molecule has 1 aromatic rings. The minimum absolute atomic E-state index is 0.223. The summed E-state index contributed by atoms with van der Waals surface area (Å²) in [6.45, 7) is 0.839. The molecule has 0 aliphatic carbocycles. The highest BCUT2D eigenvalue weighted by atomic mass is 16.2. The van der Waals surface area contributed by atoms with Crippen LogP contribution >= 0.6 is 0 Å². The predicted molar refractivity (Wildman–Crippen MR) is 69.7 cm³/mol. The largest absolute Gasteiger partial charge is 0.306 e. The Morgan fingerprint density at radius 3 is 2.72 bits per heavy atom. The molecule has 0 radical (unpaired) electrons. The maximum absolute atomic E-state index is 11.6. The van der Waals surface area contributed by atoms with Crippen LogP contribution in [-0.4, -0.2) is 24.4 Å². The number of nitrogens with one attached hydrogen (secondary N) is 2. The van der Waals surface area contributed by atoms with Crippen molar-refractivity contribution < 1.29 is 9.59 Å². The summed E-state index contributed by atoms with van der Waals surface area (Å²) in [6, 6.07) is 9.26. The average Bonchev–Trinajstić information content (AvgIpc) is 2.91. The molecule has 18 heavy (non-hydrogen) atoms. The van der Waals surface area contributed by atoms with E-state index in [0.717, 1.165) is 24.9 Å². The van der Waals surface area contributed by atoms with Crippen LogP contribution in [-0.2, 0) is 9.59 Å². The van der Waals surface area contributed by atoms with E-state index in [9.17, 15) is 9.59 Å². The maximum Gasteiger partial charge on any atom is 0.250 e. The summed E-state index contributed by atoms with van der Waals surface area (Å²) >= 11 is 0. The first kappa shape index (κ1) is 12.5. The predicted octanol–water partition coefficient (Wildman–Crippen LogP) is 1.09. The lowest BCUT2D eigenvalue weighted by Gasteiger charge is -2.08. The fourth-order valence-electron chi connectivity index (χ4n) is 1.89. The highest BCUT2D eigenvalue weighted by molar-refractivity contribution is 6.04. The number of carbonyl (C=O) groups excluding carboxylic acids is 2. The number of hydrogen-bond acceptors (Lipinski definition) is 3. The molecule has 0 bridgehead atoms. The van der Waals surface area contributed by atoms with Gasteiger partial charge >= 0.3 is 0 Å². The Hall–Kier alpha value is -1.94. The molecule has 0 saturated carbocycles. The molecule has 2 N–H and O–H groups in total. The quantitative estimate of drug-likeness (QED) is 0.783. The third-order valence-corrected chi connectivity index (χ3v) is 2.85. The second kappa shape index (κ2) is 6.12. The smallest absolute Gasteiger partial charge is 0.250 e. The zero-order valence-electron chi connectivity index (χ0n) is 10.1. The molecule has 2 amide bonds. The normalized spacial score (nSPS) is 19.0. The van der Waals surface area contributed by atoms with Gasteiger partial charge in [0, 0.05) is 6.08 Å². The summed E-state index contributed by atoms with van der Waals surface area (Å²) in [5.41, 5.74) is 0.930. The Morgan fingerprint density at radius 1 is 1.28 bits per heavy atom. The number of hydrogen-bond donors (Lipinski definition) is 2. The topological polar surface area (TPSA) is 58.2 Å². The van der Waals surface area contributed by atoms with E-state index in [0.29, 0.717) is 0 Å². The highest BCUT2D eigenvalue weighted by Gasteiger charge is 2.22. The zero-order chi connectivity index (χ0) is 12.8. The van der Waals surface area contributed by atoms with Gasteiger partial charge < -0.3 is 5.32 Å². The fourth-order valence-corrected chi connectivity index (χ4v) is 1.89. The SMILES string of the molecule is O=C(C=Cc1ccccc1)NC(=O)[C@@H]1CCCN1. The molecule has 0 spiro atoms. The Kier molecular flexibility index (Phi) is 4.25. The average molecular weight is 244 g/mol. The molecular weight excluding hydrogens is 228 g/mol. The van der Waals surface area contributed by atoms with Crippen LogP contribution in [0.4, 0.5) is 0 Å². The van der Waals surface area contributed by atoms with Crippen LogP contribution in [0.5, 0.6) is 0 Å². The van der Waals surface area contributed by atoms with Gasteiger partial charge in [0.1, 0.15) is 0 Å². The van der Waals surface area contributed by atoms with Crippen LogP contribution in [0.25, 0.3) is 6.08 Å². The van der Waals surface area contributed by atoms with Crippen LogP contribution in [0.2, 0.25) is 0 Å². The van der Waals surface area contributed by atoms with Crippen molar-refractivity contribution in [3.63, 3.8) is 0 Å². The molecule has 1 aliphatic rings. The molecular formula is C14H16N2O2. The van der Waals surface area contributed by atoms with E-state index < -0.39 is 0 Å². The summed E-state index contributed by atoms with van der Waals surface area (Å²) in [6.07, 6.45) is 4.83. The van der Waals surface area contributed by atoms with E-state index in [-0.39, 0.29) is 17.9 Å². The molecule has 1 saturated heterocycles. The number of rotatable bonds is 3. The first-order valence-electron chi connectivity index (χ1n) is 6.07. The van der Waals surface area contributed by atoms with Crippen LogP contribution < -0.4 is 10.6 Å². The van der Waals surface area contributed by atoms with Crippen LogP contribution in [0, 0.1) is 0 Å². The van der Waals surface area contributed by atoms with Gasteiger partial charge in [-0.3, -0.25) is 14.9 Å². The maximum atomic E-state index is 11.6. The molecule has 2 rings (SSSR count). The van der Waals surface area contributed by atoms with Crippen molar-refractivity contribution in [3.8, 4) is 0 Å². The Balaban J connectivity index is 1.85. The van der Waals surface area contributed by atoms with E-state index in [1.165, 1.54) is 6.08 Å². The molecule has 1 atom stereocenters. The van der Waals surface area contributed by atoms with Crippen LogP contribution in [0.3, 0.4) is 0 Å². The zero-order valence-corrected chi connectivity index (χ0v) is 10.1. The lowest BCUT2D eigenvalue weighted by molar-refractivity contribution is -0.129. The summed E-state index contributed by atoms with van der Waals surface area (Å²) in [7, 11) is 0. The van der Waals surface area contributed by atoms with E-state index >= 15 is 0 Å². The van der Waals surface area contributed by atoms with Crippen molar-refractivity contribution >= 4 is 17.9 Å². The van der Waals surface area contributed by atoms with Gasteiger partial charge in [-0.25, -0.2) is 0 Å². The molecule has 4 nitrogen and oxygen atoms in total. The second-order valence-electron chi connectivity index (χ2n) is 4.25. The molecule has 0 unspecified atom stereocenters. The Bertz CT molecular complexity index is 448. The summed E-state index contributed by atoms with van der Waals surface area (Å²) in [5, 5.41) is 5.41. The molecule has 1 aliphatic heterocycles. The number of benzene rings is 1. The molecule has 1 fully saturated rings. The van der Waals surface area contributed by atoms with Gasteiger partial charge in [-0.15, -0.1) is 0 Å². The second-order valence-corrected chi connectivity index (χ2v) is 4.25. The first-order valence-corrected chi connectivity index (χ1v) is 6.07. The van der Waals surface area contributed by atoms with E-state index in [2.05, 4.69) is 10.6 Å². The first-order chi connectivity index (χ1) is 8.75. The molecule has 94 valence electrons. The minimum atomic E-state index is -0.377. The van der Waals surface area contributed by atoms with Gasteiger partial charge in [0.05, 0.1) is 6.04 Å². The third-order valence-electron chi connectivity index (χ3n) is 2.85. The van der Waals surface area contributed by atoms with Gasteiger partial charge in [-0.2, -0.15) is 0 Å². The van der Waals surface area contributed by atoms with Crippen LogP contribution in [0.1, 0.15) is 18.4 Å². The van der Waals surface area contributed by atoms with Gasteiger partial charge in [-0.05, 0) is 31.0 Å². The lowest BCUT2D eigenvalue weighted by atomic mass is 10.2. The lowest BCUT2D eigenvalue weighted by Crippen LogP contribution is -2.42. The number of amides is 2. The van der Waals surface area contributed by atoms with Crippen molar-refractivity contribution in [1.29, 1.82) is 0 Å². The summed E-state index contributed by atoms with van der Waals surface area (Å²) in [5.74, 6) is -0.618. The summed E-state index contributed by atoms with van der Waals surface area (Å²) in [4.78, 5) is 23.2. The van der Waals surface area contributed by atoms with E-state index in [4.69, 9.17) is 0 Å². The van der Waals surface area contributed by atoms with Gasteiger partial charge in [0.25, 0.3) is 5.91 Å².